The van der Waals surface area contributed by atoms with Crippen LogP contribution in [0.25, 0.3) is 5.65 Å². The van der Waals surface area contributed by atoms with Crippen LogP contribution < -0.4 is 40.4 Å². The van der Waals surface area contributed by atoms with E-state index < -0.39 is 0 Å². The van der Waals surface area contributed by atoms with Gasteiger partial charge in [-0.25, -0.2) is 0 Å². The molecule has 1 fully saturated rings. The van der Waals surface area contributed by atoms with Crippen molar-refractivity contribution in [3.63, 3.8) is 0 Å². The van der Waals surface area contributed by atoms with Gasteiger partial charge < -0.3 is 35.9 Å². The second-order valence-corrected chi connectivity index (χ2v) is 6.24. The third-order valence-corrected chi connectivity index (χ3v) is 4.22. The van der Waals surface area contributed by atoms with Crippen LogP contribution >= 0.6 is 0 Å². The van der Waals surface area contributed by atoms with Crippen molar-refractivity contribution in [2.45, 2.75) is 57.5 Å². The molecule has 0 unspecified atom stereocenters. The van der Waals surface area contributed by atoms with Crippen molar-refractivity contribution in [2.75, 3.05) is 5.32 Å². The number of fused-ring (bicyclic) bond motifs is 1. The standard InChI is InChI=1S/C15H23N5.2ClH/c1-10(2)13-9-15(20-14(19-13)7-8-17-20)18-12-5-3-11(16)4-6-12;;/h7-12H,3-6,16H2,1-2H3,(H,17,18,19);2*1H. The number of rotatable bonds is 3. The molecule has 0 bridgehead atoms. The second-order valence-electron chi connectivity index (χ2n) is 6.24. The van der Waals surface area contributed by atoms with E-state index in [0.29, 0.717) is 18.0 Å². The predicted octanol–water partition coefficient (Wildman–Crippen LogP) is -4.76. The molecule has 0 aromatic carbocycles. The number of nitrogens with one attached hydrogen (secondary N) is 2. The van der Waals surface area contributed by atoms with Crippen LogP contribution in [-0.4, -0.2) is 22.2 Å². The van der Waals surface area contributed by atoms with E-state index >= 15 is 0 Å². The lowest BCUT2D eigenvalue weighted by atomic mass is 9.92. The number of quaternary nitrogens is 1. The minimum atomic E-state index is 0. The van der Waals surface area contributed by atoms with Gasteiger partial charge in [0.1, 0.15) is 5.69 Å². The highest BCUT2D eigenvalue weighted by Gasteiger charge is 2.24. The van der Waals surface area contributed by atoms with Crippen LogP contribution in [0.2, 0.25) is 0 Å². The highest BCUT2D eigenvalue weighted by molar-refractivity contribution is 5.40. The Bertz CT molecular complexity index is 591. The van der Waals surface area contributed by atoms with Crippen molar-refractivity contribution in [3.8, 4) is 0 Å². The summed E-state index contributed by atoms with van der Waals surface area (Å²) in [7, 11) is 0. The summed E-state index contributed by atoms with van der Waals surface area (Å²) in [5.41, 5.74) is 6.28. The molecule has 1 aliphatic carbocycles. The Balaban J connectivity index is 0.00000121. The van der Waals surface area contributed by atoms with Crippen molar-refractivity contribution in [1.29, 1.82) is 0 Å². The molecule has 0 atom stereocenters. The summed E-state index contributed by atoms with van der Waals surface area (Å²) in [4.78, 5) is 4.68. The van der Waals surface area contributed by atoms with Gasteiger partial charge in [0.05, 0.1) is 18.2 Å². The van der Waals surface area contributed by atoms with E-state index in [9.17, 15) is 0 Å². The van der Waals surface area contributed by atoms with Gasteiger partial charge in [0.2, 0.25) is 5.82 Å². The summed E-state index contributed by atoms with van der Waals surface area (Å²) >= 11 is 0. The van der Waals surface area contributed by atoms with Gasteiger partial charge in [0.25, 0.3) is 5.65 Å². The first kappa shape index (κ1) is 19.0. The predicted molar refractivity (Wildman–Crippen MR) is 78.4 cm³/mol. The molecule has 1 saturated carbocycles. The third kappa shape index (κ3) is 4.03. The third-order valence-electron chi connectivity index (χ3n) is 4.22. The Morgan fingerprint density at radius 1 is 1.27 bits per heavy atom. The molecule has 1 aliphatic rings. The summed E-state index contributed by atoms with van der Waals surface area (Å²) in [5.74, 6) is 1.56. The fraction of sp³-hybridized carbons (Fsp3) is 0.600. The van der Waals surface area contributed by atoms with Gasteiger partial charge in [0, 0.05) is 31.0 Å². The number of nitrogens with zero attached hydrogens (tertiary/aromatic N) is 2. The van der Waals surface area contributed by atoms with E-state index in [0.717, 1.165) is 17.2 Å². The molecule has 5 N–H and O–H groups in total. The van der Waals surface area contributed by atoms with Gasteiger partial charge in [-0.3, -0.25) is 5.10 Å². The van der Waals surface area contributed by atoms with E-state index in [1.807, 2.05) is 16.8 Å². The summed E-state index contributed by atoms with van der Waals surface area (Å²) in [5, 5.41) is 6.92. The summed E-state index contributed by atoms with van der Waals surface area (Å²) < 4.78 is 2.03. The van der Waals surface area contributed by atoms with Crippen LogP contribution in [0.4, 0.5) is 5.82 Å². The first-order valence-corrected chi connectivity index (χ1v) is 7.63. The Kier molecular flexibility index (Phi) is 6.91. The lowest BCUT2D eigenvalue weighted by molar-refractivity contribution is -0.564. The number of hydrogen-bond acceptors (Lipinski definition) is 2. The van der Waals surface area contributed by atoms with Crippen LogP contribution in [-0.2, 0) is 0 Å². The molecule has 0 aliphatic heterocycles. The molecule has 0 saturated heterocycles. The molecule has 2 aromatic heterocycles. The summed E-state index contributed by atoms with van der Waals surface area (Å²) in [6.07, 6.45) is 6.79. The zero-order chi connectivity index (χ0) is 14.1. The topological polar surface area (TPSA) is 72.5 Å². The van der Waals surface area contributed by atoms with Crippen molar-refractivity contribution in [3.05, 3.63) is 24.0 Å². The largest absolute Gasteiger partial charge is 1.00 e. The number of hydrogen-bond donors (Lipinski definition) is 3. The highest BCUT2D eigenvalue weighted by Crippen LogP contribution is 2.21. The molecule has 2 heterocycles. The van der Waals surface area contributed by atoms with Crippen LogP contribution in [0, 0.1) is 0 Å². The van der Waals surface area contributed by atoms with Crippen LogP contribution in [0.1, 0.15) is 51.1 Å². The molecule has 3 rings (SSSR count). The molecule has 0 radical (unpaired) electrons. The van der Waals surface area contributed by atoms with E-state index in [1.165, 1.54) is 25.7 Å². The zero-order valence-electron chi connectivity index (χ0n) is 13.1. The van der Waals surface area contributed by atoms with Crippen LogP contribution in [0.15, 0.2) is 18.3 Å². The van der Waals surface area contributed by atoms with Gasteiger partial charge in [0.15, 0.2) is 0 Å². The number of anilines is 1. The number of aromatic nitrogens is 3. The monoisotopic (exact) mass is 345 g/mol. The molecular formula is C15H25Cl2N5. The Labute approximate surface area is 143 Å². The van der Waals surface area contributed by atoms with E-state index in [-0.39, 0.29) is 24.8 Å². The minimum Gasteiger partial charge on any atom is -1.00 e. The van der Waals surface area contributed by atoms with Crippen molar-refractivity contribution in [1.82, 2.24) is 10.1 Å². The van der Waals surface area contributed by atoms with Gasteiger partial charge in [-0.05, 0) is 12.8 Å². The quantitative estimate of drug-likeness (QED) is 0.489. The fourth-order valence-corrected chi connectivity index (χ4v) is 2.89. The van der Waals surface area contributed by atoms with Crippen molar-refractivity contribution >= 4 is 11.5 Å². The molecule has 2 aromatic rings. The highest BCUT2D eigenvalue weighted by atomic mass is 35.5. The lowest BCUT2D eigenvalue weighted by Gasteiger charge is -2.23. The van der Waals surface area contributed by atoms with Crippen molar-refractivity contribution < 1.29 is 35.1 Å². The first-order chi connectivity index (χ1) is 9.63. The minimum absolute atomic E-state index is 0. The summed E-state index contributed by atoms with van der Waals surface area (Å²) in [6.45, 7) is 4.37. The molecule has 5 nitrogen and oxygen atoms in total. The van der Waals surface area contributed by atoms with Crippen LogP contribution in [0.3, 0.4) is 0 Å². The molecule has 124 valence electrons. The van der Waals surface area contributed by atoms with Gasteiger partial charge in [-0.15, -0.1) is 9.50 Å². The molecule has 0 spiro atoms. The van der Waals surface area contributed by atoms with Gasteiger partial charge >= 0.3 is 0 Å². The Morgan fingerprint density at radius 3 is 2.59 bits per heavy atom. The first-order valence-electron chi connectivity index (χ1n) is 7.63. The fourth-order valence-electron chi connectivity index (χ4n) is 2.89. The Hall–Kier alpha value is -1.04. The SMILES string of the molecule is CC(C)c1cc(NC2CCC([NH3+])CC2)[n+]2[nH]ccc2n1.[Cl-].[Cl-]. The number of halogens is 2. The van der Waals surface area contributed by atoms with E-state index in [2.05, 4.69) is 41.0 Å². The van der Waals surface area contributed by atoms with E-state index in [1.54, 1.807) is 0 Å². The molecular weight excluding hydrogens is 321 g/mol. The lowest BCUT2D eigenvalue weighted by Crippen LogP contribution is -3.00. The maximum atomic E-state index is 4.68. The molecule has 7 heteroatoms. The van der Waals surface area contributed by atoms with Crippen LogP contribution in [0.5, 0.6) is 0 Å². The average Bonchev–Trinajstić information content (AvgIpc) is 2.89. The molecule has 22 heavy (non-hydrogen) atoms. The number of aromatic amines is 1. The normalized spacial score (nSPS) is 21.3. The summed E-state index contributed by atoms with van der Waals surface area (Å²) in [6, 6.07) is 5.37. The zero-order valence-corrected chi connectivity index (χ0v) is 14.7. The van der Waals surface area contributed by atoms with Crippen molar-refractivity contribution in [2.24, 2.45) is 0 Å². The number of H-pyrrole nitrogens is 1. The second kappa shape index (κ2) is 7.99. The van der Waals surface area contributed by atoms with Gasteiger partial charge in [-0.1, -0.05) is 13.8 Å². The maximum Gasteiger partial charge on any atom is 0.286 e. The van der Waals surface area contributed by atoms with Gasteiger partial charge in [-0.2, -0.15) is 0 Å². The maximum absolute atomic E-state index is 4.68. The smallest absolute Gasteiger partial charge is 0.286 e. The Morgan fingerprint density at radius 2 is 1.95 bits per heavy atom. The molecule has 0 amide bonds. The average molecular weight is 346 g/mol. The van der Waals surface area contributed by atoms with E-state index in [4.69, 9.17) is 0 Å².